The van der Waals surface area contributed by atoms with Crippen LogP contribution in [0.5, 0.6) is 0 Å². The highest BCUT2D eigenvalue weighted by Crippen LogP contribution is 2.65. The molecule has 0 spiro atoms. The maximum Gasteiger partial charge on any atom is 0.136 e. The molecule has 9 atom stereocenters. The molecule has 0 amide bonds. The minimum Gasteiger partial charge on any atom is -0.390 e. The molecule has 136 valence electrons. The van der Waals surface area contributed by atoms with E-state index in [1.54, 1.807) is 6.92 Å². The molecule has 0 heterocycles. The van der Waals surface area contributed by atoms with Crippen LogP contribution < -0.4 is 0 Å². The first-order valence-electron chi connectivity index (χ1n) is 10.1. The van der Waals surface area contributed by atoms with Crippen molar-refractivity contribution in [3.05, 3.63) is 0 Å². The maximum atomic E-state index is 14.7. The van der Waals surface area contributed by atoms with Crippen molar-refractivity contribution in [1.82, 2.24) is 0 Å². The van der Waals surface area contributed by atoms with Crippen LogP contribution in [-0.2, 0) is 4.79 Å². The Bertz CT molecular complexity index is 530. The van der Waals surface area contributed by atoms with Gasteiger partial charge in [-0.05, 0) is 100 Å². The van der Waals surface area contributed by atoms with Gasteiger partial charge in [-0.2, -0.15) is 0 Å². The number of aliphatic hydroxyl groups is 1. The van der Waals surface area contributed by atoms with Crippen molar-refractivity contribution in [2.24, 2.45) is 40.9 Å². The molecule has 1 unspecified atom stereocenters. The molecule has 4 aliphatic rings. The summed E-state index contributed by atoms with van der Waals surface area (Å²) in [4.78, 5) is 12.1. The first kappa shape index (κ1) is 17.0. The molecule has 4 fully saturated rings. The van der Waals surface area contributed by atoms with E-state index in [2.05, 4.69) is 6.92 Å². The fraction of sp³-hybridized carbons (Fsp3) is 0.952. The van der Waals surface area contributed by atoms with E-state index < -0.39 is 11.8 Å². The number of carbonyl (C=O) groups excluding carboxylic acids is 1. The predicted molar refractivity (Wildman–Crippen MR) is 92.2 cm³/mol. The first-order valence-corrected chi connectivity index (χ1v) is 10.1. The predicted octanol–water partition coefficient (Wildman–Crippen LogP) is 4.54. The summed E-state index contributed by atoms with van der Waals surface area (Å²) in [6, 6.07) is 0. The molecule has 0 aliphatic heterocycles. The van der Waals surface area contributed by atoms with Crippen molar-refractivity contribution in [2.45, 2.75) is 83.9 Å². The van der Waals surface area contributed by atoms with Crippen molar-refractivity contribution < 1.29 is 14.3 Å². The van der Waals surface area contributed by atoms with E-state index in [1.807, 2.05) is 6.92 Å². The highest BCUT2D eigenvalue weighted by atomic mass is 19.1. The van der Waals surface area contributed by atoms with Gasteiger partial charge in [0.15, 0.2) is 0 Å². The van der Waals surface area contributed by atoms with Crippen LogP contribution in [0.15, 0.2) is 0 Å². The Kier molecular flexibility index (Phi) is 3.91. The molecule has 1 N–H and O–H groups in total. The average Bonchev–Trinajstić information content (AvgIpc) is 2.76. The largest absolute Gasteiger partial charge is 0.390 e. The standard InChI is InChI=1S/C21H33FO2/c1-12(23)19-18(22)10-17-16-5-4-13-11-20(2,24)8-6-14(13)15(16)7-9-21(17,19)3/h13-19,24H,4-11H2,1-3H3/t13-,14+,15-,16-,17+,18?,19+,20-,21+/m1/s1. The summed E-state index contributed by atoms with van der Waals surface area (Å²) < 4.78 is 14.7. The molecule has 3 heteroatoms. The van der Waals surface area contributed by atoms with Gasteiger partial charge in [-0.15, -0.1) is 0 Å². The van der Waals surface area contributed by atoms with Gasteiger partial charge in [0.1, 0.15) is 12.0 Å². The van der Waals surface area contributed by atoms with Crippen LogP contribution >= 0.6 is 0 Å². The number of ketones is 1. The Hall–Kier alpha value is -0.440. The molecule has 0 aromatic carbocycles. The molecule has 0 radical (unpaired) electrons. The Morgan fingerprint density at radius 1 is 1.04 bits per heavy atom. The van der Waals surface area contributed by atoms with Gasteiger partial charge in [-0.1, -0.05) is 6.92 Å². The Morgan fingerprint density at radius 3 is 2.46 bits per heavy atom. The lowest BCUT2D eigenvalue weighted by atomic mass is 9.49. The van der Waals surface area contributed by atoms with Crippen LogP contribution in [0.1, 0.15) is 72.1 Å². The number of hydrogen-bond donors (Lipinski definition) is 1. The second-order valence-corrected chi connectivity index (χ2v) is 10.1. The highest BCUT2D eigenvalue weighted by molar-refractivity contribution is 5.80. The molecule has 0 bridgehead atoms. The molecule has 24 heavy (non-hydrogen) atoms. The molecule has 4 saturated carbocycles. The van der Waals surface area contributed by atoms with Gasteiger partial charge in [-0.25, -0.2) is 4.39 Å². The molecule has 4 rings (SSSR count). The summed E-state index contributed by atoms with van der Waals surface area (Å²) in [5, 5.41) is 10.4. The molecule has 2 nitrogen and oxygen atoms in total. The lowest BCUT2D eigenvalue weighted by molar-refractivity contribution is -0.131. The van der Waals surface area contributed by atoms with Crippen molar-refractivity contribution in [1.29, 1.82) is 0 Å². The van der Waals surface area contributed by atoms with Crippen molar-refractivity contribution in [3.8, 4) is 0 Å². The summed E-state index contributed by atoms with van der Waals surface area (Å²) >= 11 is 0. The minimum absolute atomic E-state index is 0.0633. The minimum atomic E-state index is -0.930. The number of alkyl halides is 1. The van der Waals surface area contributed by atoms with Crippen LogP contribution in [0.25, 0.3) is 0 Å². The van der Waals surface area contributed by atoms with E-state index >= 15 is 0 Å². The van der Waals surface area contributed by atoms with Gasteiger partial charge >= 0.3 is 0 Å². The number of Topliss-reactive ketones (excluding diaryl/α,β-unsaturated/α-hetero) is 1. The van der Waals surface area contributed by atoms with E-state index in [0.717, 1.165) is 38.0 Å². The van der Waals surface area contributed by atoms with Gasteiger partial charge in [0.05, 0.1) is 11.5 Å². The van der Waals surface area contributed by atoms with Crippen molar-refractivity contribution in [3.63, 3.8) is 0 Å². The first-order chi connectivity index (χ1) is 11.2. The van der Waals surface area contributed by atoms with E-state index in [1.165, 1.54) is 12.8 Å². The van der Waals surface area contributed by atoms with Crippen LogP contribution in [0.3, 0.4) is 0 Å². The summed E-state index contributed by atoms with van der Waals surface area (Å²) in [5.41, 5.74) is -0.590. The summed E-state index contributed by atoms with van der Waals surface area (Å²) in [6.45, 7) is 5.80. The van der Waals surface area contributed by atoms with Crippen molar-refractivity contribution >= 4 is 5.78 Å². The van der Waals surface area contributed by atoms with Gasteiger partial charge in [0.25, 0.3) is 0 Å². The summed E-state index contributed by atoms with van der Waals surface area (Å²) in [7, 11) is 0. The molecule has 4 aliphatic carbocycles. The Balaban J connectivity index is 1.58. The Labute approximate surface area is 145 Å². The van der Waals surface area contributed by atoms with Crippen molar-refractivity contribution in [2.75, 3.05) is 0 Å². The van der Waals surface area contributed by atoms with E-state index in [0.29, 0.717) is 30.1 Å². The molecular weight excluding hydrogens is 303 g/mol. The average molecular weight is 336 g/mol. The summed E-state index contributed by atoms with van der Waals surface area (Å²) in [6.07, 6.45) is 7.23. The monoisotopic (exact) mass is 336 g/mol. The van der Waals surface area contributed by atoms with Gasteiger partial charge in [0, 0.05) is 0 Å². The fourth-order valence-electron chi connectivity index (χ4n) is 7.77. The zero-order valence-electron chi connectivity index (χ0n) is 15.4. The number of carbonyl (C=O) groups is 1. The Morgan fingerprint density at radius 2 is 1.75 bits per heavy atom. The SMILES string of the molecule is CC(=O)[C@H]1C(F)C[C@H]2[C@@H]3CC[C@@H]4C[C@](C)(O)CC[C@@H]4[C@H]3CC[C@]12C. The molecule has 0 aromatic rings. The van der Waals surface area contributed by atoms with Crippen LogP contribution in [0.2, 0.25) is 0 Å². The van der Waals surface area contributed by atoms with E-state index in [4.69, 9.17) is 0 Å². The fourth-order valence-corrected chi connectivity index (χ4v) is 7.77. The van der Waals surface area contributed by atoms with E-state index in [-0.39, 0.29) is 17.1 Å². The molecule has 0 saturated heterocycles. The van der Waals surface area contributed by atoms with Crippen LogP contribution in [-0.4, -0.2) is 22.7 Å². The second-order valence-electron chi connectivity index (χ2n) is 10.1. The number of hydrogen-bond acceptors (Lipinski definition) is 2. The maximum absolute atomic E-state index is 14.7. The third-order valence-electron chi connectivity index (χ3n) is 8.66. The normalized spacial score (nSPS) is 57.0. The molecular formula is C21H33FO2. The topological polar surface area (TPSA) is 37.3 Å². The zero-order chi connectivity index (χ0) is 17.3. The van der Waals surface area contributed by atoms with E-state index in [9.17, 15) is 14.3 Å². The number of halogens is 1. The van der Waals surface area contributed by atoms with Crippen LogP contribution in [0.4, 0.5) is 4.39 Å². The second kappa shape index (κ2) is 5.53. The zero-order valence-corrected chi connectivity index (χ0v) is 15.4. The molecule has 0 aromatic heterocycles. The lowest BCUT2D eigenvalue weighted by Gasteiger charge is -2.56. The van der Waals surface area contributed by atoms with Gasteiger partial charge in [-0.3, -0.25) is 4.79 Å². The van der Waals surface area contributed by atoms with Gasteiger partial charge in [0.2, 0.25) is 0 Å². The van der Waals surface area contributed by atoms with Crippen LogP contribution in [0, 0.1) is 40.9 Å². The highest BCUT2D eigenvalue weighted by Gasteiger charge is 2.61. The quantitative estimate of drug-likeness (QED) is 0.763. The number of rotatable bonds is 1. The summed E-state index contributed by atoms with van der Waals surface area (Å²) in [5.74, 6) is 2.78. The third-order valence-corrected chi connectivity index (χ3v) is 8.66. The third kappa shape index (κ3) is 2.40. The smallest absolute Gasteiger partial charge is 0.136 e. The number of fused-ring (bicyclic) bond motifs is 5. The van der Waals surface area contributed by atoms with Gasteiger partial charge < -0.3 is 5.11 Å². The lowest BCUT2D eigenvalue weighted by Crippen LogP contribution is -2.51.